The molecule has 1 aromatic rings. The second kappa shape index (κ2) is 8.55. The topological polar surface area (TPSA) is 15.3 Å². The number of piperidine rings is 1. The van der Waals surface area contributed by atoms with E-state index in [0.29, 0.717) is 0 Å². The zero-order valence-electron chi connectivity index (χ0n) is 14.1. The molecule has 2 unspecified atom stereocenters. The monoisotopic (exact) mass is 288 g/mol. The highest BCUT2D eigenvalue weighted by Crippen LogP contribution is 2.24. The van der Waals surface area contributed by atoms with E-state index in [0.717, 1.165) is 38.0 Å². The van der Waals surface area contributed by atoms with Crippen LogP contribution < -0.4 is 5.32 Å². The smallest absolute Gasteiger partial charge is 0.0239 e. The predicted molar refractivity (Wildman–Crippen MR) is 91.6 cm³/mol. The first-order chi connectivity index (χ1) is 10.2. The third kappa shape index (κ3) is 5.12. The van der Waals surface area contributed by atoms with Crippen molar-refractivity contribution >= 4 is 0 Å². The molecule has 0 saturated carbocycles. The van der Waals surface area contributed by atoms with Crippen LogP contribution in [0.1, 0.15) is 51.2 Å². The van der Waals surface area contributed by atoms with Crippen molar-refractivity contribution in [1.82, 2.24) is 10.2 Å². The van der Waals surface area contributed by atoms with Crippen LogP contribution in [0.25, 0.3) is 0 Å². The Kier molecular flexibility index (Phi) is 6.72. The van der Waals surface area contributed by atoms with Gasteiger partial charge in [0, 0.05) is 12.6 Å². The number of likely N-dealkylation sites (tertiary alicyclic amines) is 1. The average molecular weight is 288 g/mol. The molecule has 1 heterocycles. The molecule has 1 aromatic carbocycles. The molecule has 2 heteroatoms. The predicted octanol–water partition coefficient (Wildman–Crippen LogP) is 3.85. The minimum absolute atomic E-state index is 0.722. The van der Waals surface area contributed by atoms with Crippen LogP contribution in [-0.4, -0.2) is 30.6 Å². The van der Waals surface area contributed by atoms with Gasteiger partial charge in [0.2, 0.25) is 0 Å². The van der Waals surface area contributed by atoms with Crippen LogP contribution in [0.2, 0.25) is 0 Å². The number of nitrogens with one attached hydrogen (secondary N) is 1. The molecule has 0 amide bonds. The molecule has 0 spiro atoms. The van der Waals surface area contributed by atoms with Crippen LogP contribution in [0.3, 0.4) is 0 Å². The van der Waals surface area contributed by atoms with Crippen molar-refractivity contribution in [3.8, 4) is 0 Å². The van der Waals surface area contributed by atoms with Crippen molar-refractivity contribution in [2.24, 2.45) is 5.92 Å². The largest absolute Gasteiger partial charge is 0.316 e. The highest BCUT2D eigenvalue weighted by atomic mass is 15.2. The molecular formula is C19H32N2. The van der Waals surface area contributed by atoms with E-state index in [1.807, 2.05) is 0 Å². The van der Waals surface area contributed by atoms with Gasteiger partial charge in [0.1, 0.15) is 0 Å². The molecule has 1 N–H and O–H groups in total. The average Bonchev–Trinajstić information content (AvgIpc) is 2.48. The van der Waals surface area contributed by atoms with Gasteiger partial charge >= 0.3 is 0 Å². The van der Waals surface area contributed by atoms with Gasteiger partial charge in [-0.1, -0.05) is 38.1 Å². The maximum absolute atomic E-state index is 3.52. The van der Waals surface area contributed by atoms with Gasteiger partial charge in [0.05, 0.1) is 0 Å². The Morgan fingerprint density at radius 3 is 2.62 bits per heavy atom. The third-order valence-corrected chi connectivity index (χ3v) is 4.77. The third-order valence-electron chi connectivity index (χ3n) is 4.77. The van der Waals surface area contributed by atoms with E-state index in [9.17, 15) is 0 Å². The Bertz CT molecular complexity index is 416. The fourth-order valence-corrected chi connectivity index (χ4v) is 3.39. The van der Waals surface area contributed by atoms with Gasteiger partial charge in [-0.05, 0) is 69.3 Å². The van der Waals surface area contributed by atoms with Gasteiger partial charge in [-0.25, -0.2) is 0 Å². The maximum atomic E-state index is 3.52. The van der Waals surface area contributed by atoms with E-state index < -0.39 is 0 Å². The van der Waals surface area contributed by atoms with Crippen molar-refractivity contribution in [3.63, 3.8) is 0 Å². The van der Waals surface area contributed by atoms with Gasteiger partial charge < -0.3 is 5.32 Å². The Hall–Kier alpha value is -0.860. The number of hydrogen-bond acceptors (Lipinski definition) is 2. The van der Waals surface area contributed by atoms with Gasteiger partial charge in [0.25, 0.3) is 0 Å². The summed E-state index contributed by atoms with van der Waals surface area (Å²) in [4.78, 5) is 2.66. The molecule has 21 heavy (non-hydrogen) atoms. The van der Waals surface area contributed by atoms with Gasteiger partial charge in [-0.3, -0.25) is 4.90 Å². The summed E-state index contributed by atoms with van der Waals surface area (Å²) in [6.45, 7) is 11.6. The van der Waals surface area contributed by atoms with Crippen LogP contribution in [-0.2, 0) is 13.0 Å². The molecule has 0 bridgehead atoms. The second-order valence-electron chi connectivity index (χ2n) is 6.72. The molecule has 1 fully saturated rings. The minimum atomic E-state index is 0.722. The van der Waals surface area contributed by atoms with Gasteiger partial charge in [-0.15, -0.1) is 0 Å². The van der Waals surface area contributed by atoms with Gasteiger partial charge in [-0.2, -0.15) is 0 Å². The maximum Gasteiger partial charge on any atom is 0.0239 e. The quantitative estimate of drug-likeness (QED) is 0.767. The standard InChI is InChI=1S/C19H32N2/c1-4-11-20-12-9-18-7-5-6-8-19(18)15-21-13-10-16(2)14-17(21)3/h5-8,16-17,20H,4,9-15H2,1-3H3. The Morgan fingerprint density at radius 1 is 1.14 bits per heavy atom. The van der Waals surface area contributed by atoms with Crippen molar-refractivity contribution < 1.29 is 0 Å². The molecule has 1 aliphatic heterocycles. The minimum Gasteiger partial charge on any atom is -0.316 e. The van der Waals surface area contributed by atoms with E-state index in [1.54, 1.807) is 0 Å². The lowest BCUT2D eigenvalue weighted by Crippen LogP contribution is -2.39. The summed E-state index contributed by atoms with van der Waals surface area (Å²) in [6, 6.07) is 9.72. The summed E-state index contributed by atoms with van der Waals surface area (Å²) in [5.74, 6) is 0.893. The zero-order valence-corrected chi connectivity index (χ0v) is 14.1. The molecular weight excluding hydrogens is 256 g/mol. The van der Waals surface area contributed by atoms with Crippen LogP contribution in [0.4, 0.5) is 0 Å². The molecule has 118 valence electrons. The van der Waals surface area contributed by atoms with Crippen LogP contribution in [0.5, 0.6) is 0 Å². The van der Waals surface area contributed by atoms with E-state index in [-0.39, 0.29) is 0 Å². The zero-order chi connectivity index (χ0) is 15.1. The summed E-state index contributed by atoms with van der Waals surface area (Å²) < 4.78 is 0. The molecule has 2 rings (SSSR count). The number of benzene rings is 1. The van der Waals surface area contributed by atoms with Crippen molar-refractivity contribution in [3.05, 3.63) is 35.4 Å². The molecule has 0 aromatic heterocycles. The Labute approximate surface area is 130 Å². The van der Waals surface area contributed by atoms with E-state index in [4.69, 9.17) is 0 Å². The summed E-state index contributed by atoms with van der Waals surface area (Å²) in [6.07, 6.45) is 5.06. The first-order valence-corrected chi connectivity index (χ1v) is 8.72. The van der Waals surface area contributed by atoms with Gasteiger partial charge in [0.15, 0.2) is 0 Å². The second-order valence-corrected chi connectivity index (χ2v) is 6.72. The van der Waals surface area contributed by atoms with Crippen LogP contribution in [0.15, 0.2) is 24.3 Å². The van der Waals surface area contributed by atoms with E-state index in [2.05, 4.69) is 55.3 Å². The van der Waals surface area contributed by atoms with Crippen LogP contribution in [0, 0.1) is 5.92 Å². The number of nitrogens with zero attached hydrogens (tertiary/aromatic N) is 1. The summed E-state index contributed by atoms with van der Waals surface area (Å²) in [7, 11) is 0. The molecule has 1 saturated heterocycles. The molecule has 2 atom stereocenters. The highest BCUT2D eigenvalue weighted by molar-refractivity contribution is 5.27. The number of hydrogen-bond donors (Lipinski definition) is 1. The normalized spacial score (nSPS) is 23.4. The van der Waals surface area contributed by atoms with Crippen LogP contribution >= 0.6 is 0 Å². The first kappa shape index (κ1) is 16.5. The van der Waals surface area contributed by atoms with Crippen molar-refractivity contribution in [2.75, 3.05) is 19.6 Å². The lowest BCUT2D eigenvalue weighted by Gasteiger charge is -2.37. The molecule has 2 nitrogen and oxygen atoms in total. The molecule has 0 aliphatic carbocycles. The summed E-state index contributed by atoms with van der Waals surface area (Å²) in [5.41, 5.74) is 3.05. The summed E-state index contributed by atoms with van der Waals surface area (Å²) in [5, 5.41) is 3.52. The SMILES string of the molecule is CCCNCCc1ccccc1CN1CCC(C)CC1C. The summed E-state index contributed by atoms with van der Waals surface area (Å²) >= 11 is 0. The van der Waals surface area contributed by atoms with E-state index >= 15 is 0 Å². The number of rotatable bonds is 7. The first-order valence-electron chi connectivity index (χ1n) is 8.72. The van der Waals surface area contributed by atoms with E-state index in [1.165, 1.54) is 36.9 Å². The lowest BCUT2D eigenvalue weighted by molar-refractivity contribution is 0.122. The molecule has 1 aliphatic rings. The van der Waals surface area contributed by atoms with Crippen molar-refractivity contribution in [2.45, 2.75) is 59.0 Å². The molecule has 0 radical (unpaired) electrons. The lowest BCUT2D eigenvalue weighted by atomic mass is 9.92. The fraction of sp³-hybridized carbons (Fsp3) is 0.684. The van der Waals surface area contributed by atoms with Crippen molar-refractivity contribution in [1.29, 1.82) is 0 Å². The fourth-order valence-electron chi connectivity index (χ4n) is 3.39. The highest BCUT2D eigenvalue weighted by Gasteiger charge is 2.23. The Balaban J connectivity index is 1.93. The Morgan fingerprint density at radius 2 is 1.90 bits per heavy atom.